The van der Waals surface area contributed by atoms with Gasteiger partial charge in [-0.3, -0.25) is 19.7 Å². The summed E-state index contributed by atoms with van der Waals surface area (Å²) < 4.78 is 0. The van der Waals surface area contributed by atoms with Crippen LogP contribution in [-0.4, -0.2) is 22.4 Å². The summed E-state index contributed by atoms with van der Waals surface area (Å²) in [5, 5.41) is 18.2. The van der Waals surface area contributed by atoms with Crippen molar-refractivity contribution in [2.75, 3.05) is 5.32 Å². The fraction of sp³-hybridized carbons (Fsp3) is 0.0455. The lowest BCUT2D eigenvalue weighted by Gasteiger charge is -2.08. The number of nitro benzene ring substituents is 1. The number of nitro groups is 1. The monoisotopic (exact) mass is 470 g/mol. The number of hydrogen-bond donors (Lipinski definition) is 2. The van der Waals surface area contributed by atoms with E-state index in [9.17, 15) is 19.7 Å². The number of hydrogen-bond acceptors (Lipinski definition) is 5. The largest absolute Gasteiger partial charge is 0.322 e. The quantitative estimate of drug-likeness (QED) is 0.288. The van der Waals surface area contributed by atoms with Gasteiger partial charge in [0.15, 0.2) is 0 Å². The lowest BCUT2D eigenvalue weighted by Crippen LogP contribution is -2.19. The highest BCUT2D eigenvalue weighted by Crippen LogP contribution is 2.25. The SMILES string of the molecule is C/C(=N/NC(=O)c1ccc(Cl)c([N+](=O)[O-])c1)c1cccc(NC(=O)c2cccc(Cl)c2)c1. The Morgan fingerprint density at radius 1 is 0.906 bits per heavy atom. The minimum absolute atomic E-state index is 0.0418. The Morgan fingerprint density at radius 2 is 1.59 bits per heavy atom. The highest BCUT2D eigenvalue weighted by atomic mass is 35.5. The zero-order chi connectivity index (χ0) is 23.3. The van der Waals surface area contributed by atoms with Crippen LogP contribution in [0.4, 0.5) is 11.4 Å². The number of nitrogens with zero attached hydrogens (tertiary/aromatic N) is 2. The summed E-state index contributed by atoms with van der Waals surface area (Å²) in [6.07, 6.45) is 0. The standard InChI is InChI=1S/C22H16Cl2N4O4/c1-13(26-27-22(30)16-8-9-19(24)20(12-16)28(31)32)14-4-3-7-18(11-14)25-21(29)15-5-2-6-17(23)10-15/h2-12H,1H3,(H,25,29)(H,27,30)/b26-13-. The average Bonchev–Trinajstić information content (AvgIpc) is 2.77. The average molecular weight is 471 g/mol. The number of amides is 2. The van der Waals surface area contributed by atoms with Crippen molar-refractivity contribution in [1.29, 1.82) is 0 Å². The van der Waals surface area contributed by atoms with Crippen LogP contribution in [0.25, 0.3) is 0 Å². The molecule has 3 aromatic carbocycles. The Hall–Kier alpha value is -3.75. The number of carbonyl (C=O) groups excluding carboxylic acids is 2. The summed E-state index contributed by atoms with van der Waals surface area (Å²) in [6, 6.07) is 17.2. The normalized spacial score (nSPS) is 11.0. The molecule has 10 heteroatoms. The molecule has 2 amide bonds. The first-order valence-corrected chi connectivity index (χ1v) is 9.96. The molecule has 0 spiro atoms. The lowest BCUT2D eigenvalue weighted by molar-refractivity contribution is -0.384. The van der Waals surface area contributed by atoms with Crippen LogP contribution in [0, 0.1) is 10.1 Å². The minimum atomic E-state index is -0.670. The van der Waals surface area contributed by atoms with Crippen LogP contribution in [0.2, 0.25) is 10.0 Å². The zero-order valence-corrected chi connectivity index (χ0v) is 18.1. The topological polar surface area (TPSA) is 114 Å². The van der Waals surface area contributed by atoms with Gasteiger partial charge in [0, 0.05) is 27.9 Å². The Bertz CT molecular complexity index is 1240. The molecule has 0 saturated carbocycles. The number of halogens is 2. The van der Waals surface area contributed by atoms with Gasteiger partial charge in [-0.2, -0.15) is 5.10 Å². The maximum Gasteiger partial charge on any atom is 0.288 e. The second-order valence-electron chi connectivity index (χ2n) is 6.61. The van der Waals surface area contributed by atoms with E-state index in [0.29, 0.717) is 27.5 Å². The van der Waals surface area contributed by atoms with Crippen molar-refractivity contribution >= 4 is 52.1 Å². The number of nitrogens with one attached hydrogen (secondary N) is 2. The van der Waals surface area contributed by atoms with E-state index in [2.05, 4.69) is 15.8 Å². The molecule has 0 saturated heterocycles. The summed E-state index contributed by atoms with van der Waals surface area (Å²) in [6.45, 7) is 1.67. The molecule has 162 valence electrons. The molecular formula is C22H16Cl2N4O4. The smallest absolute Gasteiger partial charge is 0.288 e. The molecule has 3 aromatic rings. The Labute approximate surface area is 193 Å². The predicted octanol–water partition coefficient (Wildman–Crippen LogP) is 5.31. The number of hydrazone groups is 1. The maximum absolute atomic E-state index is 12.4. The van der Waals surface area contributed by atoms with Gasteiger partial charge in [-0.1, -0.05) is 41.4 Å². The van der Waals surface area contributed by atoms with Crippen LogP contribution in [0.5, 0.6) is 0 Å². The molecule has 2 N–H and O–H groups in total. The number of rotatable bonds is 6. The van der Waals surface area contributed by atoms with Crippen molar-refractivity contribution in [3.63, 3.8) is 0 Å². The molecule has 0 unspecified atom stereocenters. The first-order valence-electron chi connectivity index (χ1n) is 9.20. The van der Waals surface area contributed by atoms with E-state index in [1.165, 1.54) is 12.1 Å². The molecule has 3 rings (SSSR count). The molecule has 0 aliphatic heterocycles. The van der Waals surface area contributed by atoms with Gasteiger partial charge in [-0.15, -0.1) is 0 Å². The predicted molar refractivity (Wildman–Crippen MR) is 124 cm³/mol. The molecular weight excluding hydrogens is 455 g/mol. The van der Waals surface area contributed by atoms with E-state index in [4.69, 9.17) is 23.2 Å². The summed E-state index contributed by atoms with van der Waals surface area (Å²) in [7, 11) is 0. The van der Waals surface area contributed by atoms with Crippen molar-refractivity contribution < 1.29 is 14.5 Å². The molecule has 0 atom stereocenters. The molecule has 0 fully saturated rings. The lowest BCUT2D eigenvalue weighted by atomic mass is 10.1. The maximum atomic E-state index is 12.4. The van der Waals surface area contributed by atoms with Gasteiger partial charge < -0.3 is 5.32 Å². The van der Waals surface area contributed by atoms with E-state index in [1.54, 1.807) is 55.5 Å². The molecule has 0 radical (unpaired) electrons. The van der Waals surface area contributed by atoms with Crippen LogP contribution in [0.15, 0.2) is 71.8 Å². The van der Waals surface area contributed by atoms with Crippen LogP contribution in [0.1, 0.15) is 33.2 Å². The Kier molecular flexibility index (Phi) is 7.19. The Balaban J connectivity index is 1.72. The van der Waals surface area contributed by atoms with Crippen molar-refractivity contribution in [3.05, 3.63) is 104 Å². The van der Waals surface area contributed by atoms with Crippen LogP contribution >= 0.6 is 23.2 Å². The van der Waals surface area contributed by atoms with E-state index in [-0.39, 0.29) is 22.2 Å². The Morgan fingerprint density at radius 3 is 2.31 bits per heavy atom. The van der Waals surface area contributed by atoms with Crippen molar-refractivity contribution in [1.82, 2.24) is 5.43 Å². The van der Waals surface area contributed by atoms with Gasteiger partial charge in [0.05, 0.1) is 10.6 Å². The molecule has 0 aromatic heterocycles. The first-order chi connectivity index (χ1) is 15.2. The third-order valence-corrected chi connectivity index (χ3v) is 4.91. The van der Waals surface area contributed by atoms with Crippen LogP contribution < -0.4 is 10.7 Å². The zero-order valence-electron chi connectivity index (χ0n) is 16.6. The van der Waals surface area contributed by atoms with Crippen molar-refractivity contribution in [2.45, 2.75) is 6.92 Å². The minimum Gasteiger partial charge on any atom is -0.322 e. The van der Waals surface area contributed by atoms with E-state index < -0.39 is 10.8 Å². The summed E-state index contributed by atoms with van der Waals surface area (Å²) in [4.78, 5) is 35.0. The van der Waals surface area contributed by atoms with E-state index in [1.807, 2.05) is 0 Å². The summed E-state index contributed by atoms with van der Waals surface area (Å²) in [5.41, 5.74) is 4.08. The van der Waals surface area contributed by atoms with Crippen LogP contribution in [0.3, 0.4) is 0 Å². The third-order valence-electron chi connectivity index (χ3n) is 4.36. The van der Waals surface area contributed by atoms with Crippen LogP contribution in [-0.2, 0) is 0 Å². The van der Waals surface area contributed by atoms with Gasteiger partial charge in [-0.25, -0.2) is 5.43 Å². The molecule has 0 aliphatic rings. The second kappa shape index (κ2) is 10.0. The first kappa shape index (κ1) is 22.9. The van der Waals surface area contributed by atoms with Gasteiger partial charge in [0.2, 0.25) is 0 Å². The number of anilines is 1. The third kappa shape index (κ3) is 5.69. The van der Waals surface area contributed by atoms with Gasteiger partial charge >= 0.3 is 0 Å². The fourth-order valence-electron chi connectivity index (χ4n) is 2.71. The molecule has 32 heavy (non-hydrogen) atoms. The highest BCUT2D eigenvalue weighted by molar-refractivity contribution is 6.32. The van der Waals surface area contributed by atoms with Crippen molar-refractivity contribution in [3.8, 4) is 0 Å². The summed E-state index contributed by atoms with van der Waals surface area (Å²) >= 11 is 11.7. The summed E-state index contributed by atoms with van der Waals surface area (Å²) in [5.74, 6) is -0.952. The number of benzene rings is 3. The molecule has 8 nitrogen and oxygen atoms in total. The van der Waals surface area contributed by atoms with Gasteiger partial charge in [-0.05, 0) is 55.0 Å². The second-order valence-corrected chi connectivity index (χ2v) is 7.45. The van der Waals surface area contributed by atoms with Gasteiger partial charge in [0.25, 0.3) is 17.5 Å². The molecule has 0 aliphatic carbocycles. The molecule has 0 bridgehead atoms. The van der Waals surface area contributed by atoms with Gasteiger partial charge in [0.1, 0.15) is 5.02 Å². The fourth-order valence-corrected chi connectivity index (χ4v) is 3.09. The van der Waals surface area contributed by atoms with E-state index in [0.717, 1.165) is 6.07 Å². The molecule has 0 heterocycles. The highest BCUT2D eigenvalue weighted by Gasteiger charge is 2.16. The number of carbonyl (C=O) groups is 2. The van der Waals surface area contributed by atoms with Crippen molar-refractivity contribution in [2.24, 2.45) is 5.10 Å². The van der Waals surface area contributed by atoms with E-state index >= 15 is 0 Å².